The van der Waals surface area contributed by atoms with E-state index >= 15 is 0 Å². The van der Waals surface area contributed by atoms with Crippen molar-refractivity contribution in [2.75, 3.05) is 26.0 Å². The van der Waals surface area contributed by atoms with Crippen molar-refractivity contribution in [3.63, 3.8) is 0 Å². The van der Waals surface area contributed by atoms with Crippen LogP contribution in [0.4, 0.5) is 5.82 Å². The van der Waals surface area contributed by atoms with Gasteiger partial charge in [0, 0.05) is 20.7 Å². The molecule has 98 valence electrons. The summed E-state index contributed by atoms with van der Waals surface area (Å²) in [7, 11) is 3.38. The first-order valence-corrected chi connectivity index (χ1v) is 6.01. The van der Waals surface area contributed by atoms with Gasteiger partial charge in [0.1, 0.15) is 5.82 Å². The van der Waals surface area contributed by atoms with E-state index in [0.29, 0.717) is 11.5 Å². The summed E-state index contributed by atoms with van der Waals surface area (Å²) in [5, 5.41) is 11.2. The standard InChI is InChI=1S/C12H18N4O2/c1-8-9(6-7-18-8)13-11-5-4-10(14-15-11)12(17)16(2)3/h4-5,8-9H,6-7H2,1-3H3,(H,13,15). The van der Waals surface area contributed by atoms with Crippen LogP contribution in [-0.4, -0.2) is 53.9 Å². The third-order valence-corrected chi connectivity index (χ3v) is 3.00. The summed E-state index contributed by atoms with van der Waals surface area (Å²) < 4.78 is 5.46. The zero-order chi connectivity index (χ0) is 13.1. The topological polar surface area (TPSA) is 67.3 Å². The second-order valence-corrected chi connectivity index (χ2v) is 4.62. The lowest BCUT2D eigenvalue weighted by molar-refractivity contribution is 0.0821. The number of carbonyl (C=O) groups excluding carboxylic acids is 1. The Hall–Kier alpha value is -1.69. The van der Waals surface area contributed by atoms with E-state index in [2.05, 4.69) is 15.5 Å². The molecule has 18 heavy (non-hydrogen) atoms. The van der Waals surface area contributed by atoms with E-state index in [9.17, 15) is 4.79 Å². The van der Waals surface area contributed by atoms with Crippen LogP contribution < -0.4 is 5.32 Å². The first-order chi connectivity index (χ1) is 8.58. The number of hydrogen-bond acceptors (Lipinski definition) is 5. The van der Waals surface area contributed by atoms with Crippen molar-refractivity contribution in [2.24, 2.45) is 0 Å². The smallest absolute Gasteiger partial charge is 0.273 e. The number of nitrogens with one attached hydrogen (secondary N) is 1. The minimum absolute atomic E-state index is 0.147. The fourth-order valence-electron chi connectivity index (χ4n) is 1.86. The molecule has 1 aliphatic heterocycles. The Morgan fingerprint density at radius 1 is 1.44 bits per heavy atom. The van der Waals surface area contributed by atoms with Crippen molar-refractivity contribution < 1.29 is 9.53 Å². The molecule has 1 aliphatic rings. The molecule has 1 amide bonds. The van der Waals surface area contributed by atoms with Gasteiger partial charge in [-0.2, -0.15) is 0 Å². The molecule has 6 heteroatoms. The second-order valence-electron chi connectivity index (χ2n) is 4.62. The van der Waals surface area contributed by atoms with Gasteiger partial charge in [0.05, 0.1) is 12.1 Å². The average Bonchev–Trinajstić information content (AvgIpc) is 2.75. The molecule has 6 nitrogen and oxygen atoms in total. The lowest BCUT2D eigenvalue weighted by Gasteiger charge is -2.16. The maximum absolute atomic E-state index is 11.6. The highest BCUT2D eigenvalue weighted by molar-refractivity contribution is 5.91. The third-order valence-electron chi connectivity index (χ3n) is 3.00. The van der Waals surface area contributed by atoms with Crippen LogP contribution in [0.15, 0.2) is 12.1 Å². The molecule has 2 rings (SSSR count). The molecule has 0 aromatic carbocycles. The van der Waals surface area contributed by atoms with Crippen molar-refractivity contribution >= 4 is 11.7 Å². The molecule has 0 radical (unpaired) electrons. The van der Waals surface area contributed by atoms with Gasteiger partial charge in [-0.3, -0.25) is 4.79 Å². The third kappa shape index (κ3) is 2.76. The van der Waals surface area contributed by atoms with Gasteiger partial charge in [0.2, 0.25) is 0 Å². The van der Waals surface area contributed by atoms with Crippen molar-refractivity contribution in [2.45, 2.75) is 25.5 Å². The maximum Gasteiger partial charge on any atom is 0.273 e. The SMILES string of the molecule is CC1OCCC1Nc1ccc(C(=O)N(C)C)nn1. The van der Waals surface area contributed by atoms with Gasteiger partial charge in [-0.1, -0.05) is 0 Å². The number of nitrogens with zero attached hydrogens (tertiary/aromatic N) is 3. The molecule has 0 bridgehead atoms. The van der Waals surface area contributed by atoms with Gasteiger partial charge < -0.3 is 15.0 Å². The van der Waals surface area contributed by atoms with Crippen LogP contribution in [0, 0.1) is 0 Å². The first-order valence-electron chi connectivity index (χ1n) is 6.01. The monoisotopic (exact) mass is 250 g/mol. The Morgan fingerprint density at radius 3 is 2.72 bits per heavy atom. The molecule has 1 aromatic heterocycles. The van der Waals surface area contributed by atoms with Crippen molar-refractivity contribution in [3.05, 3.63) is 17.8 Å². The Balaban J connectivity index is 2.01. The highest BCUT2D eigenvalue weighted by atomic mass is 16.5. The Morgan fingerprint density at radius 2 is 2.22 bits per heavy atom. The average molecular weight is 250 g/mol. The zero-order valence-electron chi connectivity index (χ0n) is 10.9. The van der Waals surface area contributed by atoms with Crippen LogP contribution in [0.25, 0.3) is 0 Å². The summed E-state index contributed by atoms with van der Waals surface area (Å²) >= 11 is 0. The molecule has 0 spiro atoms. The van der Waals surface area contributed by atoms with E-state index < -0.39 is 0 Å². The van der Waals surface area contributed by atoms with E-state index in [4.69, 9.17) is 4.74 Å². The van der Waals surface area contributed by atoms with E-state index in [0.717, 1.165) is 13.0 Å². The van der Waals surface area contributed by atoms with E-state index in [1.54, 1.807) is 26.2 Å². The fourth-order valence-corrected chi connectivity index (χ4v) is 1.86. The van der Waals surface area contributed by atoms with Crippen LogP contribution >= 0.6 is 0 Å². The van der Waals surface area contributed by atoms with E-state index in [-0.39, 0.29) is 18.1 Å². The van der Waals surface area contributed by atoms with E-state index in [1.807, 2.05) is 6.92 Å². The van der Waals surface area contributed by atoms with Crippen LogP contribution in [0.2, 0.25) is 0 Å². The van der Waals surface area contributed by atoms with Crippen molar-refractivity contribution in [1.82, 2.24) is 15.1 Å². The van der Waals surface area contributed by atoms with Crippen LogP contribution in [-0.2, 0) is 4.74 Å². The minimum Gasteiger partial charge on any atom is -0.376 e. The summed E-state index contributed by atoms with van der Waals surface area (Å²) in [6.45, 7) is 2.80. The number of carbonyl (C=O) groups is 1. The fraction of sp³-hybridized carbons (Fsp3) is 0.583. The van der Waals surface area contributed by atoms with Gasteiger partial charge in [0.25, 0.3) is 5.91 Å². The molecule has 1 N–H and O–H groups in total. The second kappa shape index (κ2) is 5.30. The number of rotatable bonds is 3. The highest BCUT2D eigenvalue weighted by Crippen LogP contribution is 2.17. The Labute approximate surface area is 106 Å². The molecule has 1 aromatic rings. The molecular weight excluding hydrogens is 232 g/mol. The largest absolute Gasteiger partial charge is 0.376 e. The molecule has 0 saturated carbocycles. The van der Waals surface area contributed by atoms with Crippen LogP contribution in [0.5, 0.6) is 0 Å². The van der Waals surface area contributed by atoms with Gasteiger partial charge in [-0.05, 0) is 25.5 Å². The Kier molecular flexibility index (Phi) is 3.76. The molecule has 2 unspecified atom stereocenters. The van der Waals surface area contributed by atoms with Crippen molar-refractivity contribution in [3.8, 4) is 0 Å². The molecule has 0 aliphatic carbocycles. The quantitative estimate of drug-likeness (QED) is 0.858. The van der Waals surface area contributed by atoms with Gasteiger partial charge in [-0.25, -0.2) is 0 Å². The molecular formula is C12H18N4O2. The van der Waals surface area contributed by atoms with Crippen LogP contribution in [0.3, 0.4) is 0 Å². The normalized spacial score (nSPS) is 22.8. The highest BCUT2D eigenvalue weighted by Gasteiger charge is 2.24. The van der Waals surface area contributed by atoms with Crippen molar-refractivity contribution in [1.29, 1.82) is 0 Å². The summed E-state index contributed by atoms with van der Waals surface area (Å²) in [4.78, 5) is 13.1. The number of anilines is 1. The number of aromatic nitrogens is 2. The number of ether oxygens (including phenoxy) is 1. The van der Waals surface area contributed by atoms with E-state index in [1.165, 1.54) is 4.90 Å². The lowest BCUT2D eigenvalue weighted by Crippen LogP contribution is -2.27. The predicted octanol–water partition coefficient (Wildman–Crippen LogP) is 0.768. The Bertz CT molecular complexity index is 419. The van der Waals surface area contributed by atoms with Crippen LogP contribution in [0.1, 0.15) is 23.8 Å². The number of amides is 1. The minimum atomic E-state index is -0.147. The molecule has 2 atom stereocenters. The summed E-state index contributed by atoms with van der Waals surface area (Å²) in [6, 6.07) is 3.71. The molecule has 1 fully saturated rings. The summed E-state index contributed by atoms with van der Waals surface area (Å²) in [6.07, 6.45) is 1.14. The van der Waals surface area contributed by atoms with Gasteiger partial charge in [0.15, 0.2) is 5.69 Å². The zero-order valence-corrected chi connectivity index (χ0v) is 10.9. The van der Waals surface area contributed by atoms with Gasteiger partial charge in [-0.15, -0.1) is 10.2 Å². The number of hydrogen-bond donors (Lipinski definition) is 1. The summed E-state index contributed by atoms with van der Waals surface area (Å²) in [5.41, 5.74) is 0.348. The predicted molar refractivity (Wildman–Crippen MR) is 67.5 cm³/mol. The molecule has 2 heterocycles. The van der Waals surface area contributed by atoms with Gasteiger partial charge >= 0.3 is 0 Å². The summed E-state index contributed by atoms with van der Waals surface area (Å²) in [5.74, 6) is 0.527. The maximum atomic E-state index is 11.6. The molecule has 1 saturated heterocycles. The lowest BCUT2D eigenvalue weighted by atomic mass is 10.1. The first kappa shape index (κ1) is 12.8.